The van der Waals surface area contributed by atoms with Crippen LogP contribution in [0.15, 0.2) is 72.8 Å². The SMILES string of the molecule is CCOc1ccccc1N(CCCC(=O)N(Cc1ccc(Cl)cc1Cl)[C@@H](Cc1ccccc1)C(=O)NC)S(C)(=O)=O. The number of carbonyl (C=O) groups excluding carboxylic acids is 2. The predicted molar refractivity (Wildman–Crippen MR) is 164 cm³/mol. The maximum Gasteiger partial charge on any atom is 0.242 e. The molecule has 3 aromatic rings. The zero-order chi connectivity index (χ0) is 30.0. The Morgan fingerprint density at radius 1 is 1.00 bits per heavy atom. The third-order valence-corrected chi connectivity index (χ3v) is 8.23. The fourth-order valence-electron chi connectivity index (χ4n) is 4.48. The van der Waals surface area contributed by atoms with Crippen molar-refractivity contribution in [2.45, 2.75) is 38.8 Å². The van der Waals surface area contributed by atoms with E-state index in [2.05, 4.69) is 5.32 Å². The Kier molecular flexibility index (Phi) is 11.9. The number of ether oxygens (including phenoxy) is 1. The van der Waals surface area contributed by atoms with Gasteiger partial charge in [-0.05, 0) is 48.7 Å². The first-order chi connectivity index (χ1) is 19.5. The molecule has 0 fully saturated rings. The Labute approximate surface area is 252 Å². The molecular formula is C30H35Cl2N3O5S. The third kappa shape index (κ3) is 9.11. The number of halogens is 2. The molecule has 0 aliphatic carbocycles. The van der Waals surface area contributed by atoms with Gasteiger partial charge in [0.1, 0.15) is 11.8 Å². The molecule has 8 nitrogen and oxygen atoms in total. The van der Waals surface area contributed by atoms with Gasteiger partial charge in [-0.1, -0.05) is 71.7 Å². The Morgan fingerprint density at radius 2 is 1.68 bits per heavy atom. The second-order valence-corrected chi connectivity index (χ2v) is 12.2. The fourth-order valence-corrected chi connectivity index (χ4v) is 5.91. The molecule has 0 aliphatic heterocycles. The van der Waals surface area contributed by atoms with Crippen molar-refractivity contribution in [3.63, 3.8) is 0 Å². The molecule has 0 radical (unpaired) electrons. The summed E-state index contributed by atoms with van der Waals surface area (Å²) >= 11 is 12.5. The summed E-state index contributed by atoms with van der Waals surface area (Å²) in [7, 11) is -2.15. The van der Waals surface area contributed by atoms with E-state index in [1.54, 1.807) is 42.5 Å². The van der Waals surface area contributed by atoms with Gasteiger partial charge >= 0.3 is 0 Å². The van der Waals surface area contributed by atoms with Crippen molar-refractivity contribution in [2.24, 2.45) is 0 Å². The van der Waals surface area contributed by atoms with Crippen molar-refractivity contribution in [1.82, 2.24) is 10.2 Å². The van der Waals surface area contributed by atoms with Gasteiger partial charge in [0, 0.05) is 43.0 Å². The van der Waals surface area contributed by atoms with E-state index in [-0.39, 0.29) is 44.2 Å². The highest BCUT2D eigenvalue weighted by molar-refractivity contribution is 7.92. The van der Waals surface area contributed by atoms with Crippen LogP contribution in [0.25, 0.3) is 0 Å². The Hall–Kier alpha value is -3.27. The van der Waals surface area contributed by atoms with E-state index in [9.17, 15) is 18.0 Å². The van der Waals surface area contributed by atoms with Crippen LogP contribution < -0.4 is 14.4 Å². The van der Waals surface area contributed by atoms with Crippen LogP contribution in [0, 0.1) is 0 Å². The number of para-hydroxylation sites is 2. The summed E-state index contributed by atoms with van der Waals surface area (Å²) in [6.45, 7) is 2.31. The number of carbonyl (C=O) groups is 2. The Morgan fingerprint density at radius 3 is 2.32 bits per heavy atom. The Balaban J connectivity index is 1.89. The van der Waals surface area contributed by atoms with E-state index < -0.39 is 16.1 Å². The van der Waals surface area contributed by atoms with Crippen LogP contribution in [0.3, 0.4) is 0 Å². The van der Waals surface area contributed by atoms with Crippen LogP contribution in [-0.4, -0.2) is 57.6 Å². The van der Waals surface area contributed by atoms with Crippen LogP contribution in [-0.2, 0) is 32.6 Å². The quantitative estimate of drug-likeness (QED) is 0.263. The molecule has 0 unspecified atom stereocenters. The summed E-state index contributed by atoms with van der Waals surface area (Å²) in [5, 5.41) is 3.51. The van der Waals surface area contributed by atoms with Crippen molar-refractivity contribution < 1.29 is 22.7 Å². The molecule has 0 bridgehead atoms. The number of nitrogens with one attached hydrogen (secondary N) is 1. The zero-order valence-electron chi connectivity index (χ0n) is 23.3. The molecule has 2 amide bonds. The number of hydrogen-bond acceptors (Lipinski definition) is 5. The van der Waals surface area contributed by atoms with Crippen molar-refractivity contribution >= 4 is 50.7 Å². The van der Waals surface area contributed by atoms with E-state index in [1.807, 2.05) is 37.3 Å². The number of likely N-dealkylation sites (N-methyl/N-ethyl adjacent to an activating group) is 1. The minimum atomic E-state index is -3.68. The zero-order valence-corrected chi connectivity index (χ0v) is 25.7. The minimum Gasteiger partial charge on any atom is -0.492 e. The average Bonchev–Trinajstić information content (AvgIpc) is 2.94. The van der Waals surface area contributed by atoms with E-state index in [1.165, 1.54) is 16.3 Å². The van der Waals surface area contributed by atoms with Gasteiger partial charge in [0.05, 0.1) is 18.6 Å². The molecule has 41 heavy (non-hydrogen) atoms. The average molecular weight is 621 g/mol. The number of amides is 2. The largest absolute Gasteiger partial charge is 0.492 e. The van der Waals surface area contributed by atoms with Gasteiger partial charge < -0.3 is 15.0 Å². The number of rotatable bonds is 14. The standard InChI is InChI=1S/C30H35Cl2N3O5S/c1-4-40-28-14-9-8-13-26(28)35(41(3,38)39)18-10-15-29(36)34(21-23-16-17-24(31)20-25(23)32)27(30(37)33-2)19-22-11-6-5-7-12-22/h5-9,11-14,16-17,20,27H,4,10,15,18-19,21H2,1-3H3,(H,33,37)/t27-/m0/s1. The summed E-state index contributed by atoms with van der Waals surface area (Å²) in [4.78, 5) is 28.4. The highest BCUT2D eigenvalue weighted by Gasteiger charge is 2.30. The van der Waals surface area contributed by atoms with Crippen molar-refractivity contribution in [3.8, 4) is 5.75 Å². The van der Waals surface area contributed by atoms with Crippen molar-refractivity contribution in [3.05, 3.63) is 94.0 Å². The lowest BCUT2D eigenvalue weighted by Gasteiger charge is -2.32. The normalized spacial score (nSPS) is 11.9. The minimum absolute atomic E-state index is 0.00366. The van der Waals surface area contributed by atoms with Crippen molar-refractivity contribution in [2.75, 3.05) is 30.8 Å². The lowest BCUT2D eigenvalue weighted by atomic mass is 10.0. The molecule has 0 saturated heterocycles. The summed E-state index contributed by atoms with van der Waals surface area (Å²) in [5.41, 5.74) is 1.92. The number of benzene rings is 3. The molecule has 11 heteroatoms. The molecule has 0 spiro atoms. The summed E-state index contributed by atoms with van der Waals surface area (Å²) in [5.74, 6) is -0.198. The van der Waals surface area contributed by atoms with Crippen LogP contribution in [0.4, 0.5) is 5.69 Å². The second-order valence-electron chi connectivity index (χ2n) is 9.42. The molecule has 1 N–H and O–H groups in total. The lowest BCUT2D eigenvalue weighted by Crippen LogP contribution is -2.49. The molecule has 3 rings (SSSR count). The van der Waals surface area contributed by atoms with Crippen LogP contribution in [0.1, 0.15) is 30.9 Å². The molecule has 220 valence electrons. The van der Waals surface area contributed by atoms with Crippen LogP contribution >= 0.6 is 23.2 Å². The first-order valence-electron chi connectivity index (χ1n) is 13.2. The van der Waals surface area contributed by atoms with E-state index in [0.717, 1.165) is 11.8 Å². The van der Waals surface area contributed by atoms with Crippen LogP contribution in [0.5, 0.6) is 5.75 Å². The third-order valence-electron chi connectivity index (χ3n) is 6.46. The second kappa shape index (κ2) is 15.1. The summed E-state index contributed by atoms with van der Waals surface area (Å²) in [6, 6.07) is 20.5. The van der Waals surface area contributed by atoms with E-state index >= 15 is 0 Å². The van der Waals surface area contributed by atoms with Crippen LogP contribution in [0.2, 0.25) is 10.0 Å². The van der Waals surface area contributed by atoms with Crippen molar-refractivity contribution in [1.29, 1.82) is 0 Å². The predicted octanol–water partition coefficient (Wildman–Crippen LogP) is 5.32. The molecular weight excluding hydrogens is 585 g/mol. The highest BCUT2D eigenvalue weighted by Crippen LogP contribution is 2.30. The summed E-state index contributed by atoms with van der Waals surface area (Å²) in [6.07, 6.45) is 1.61. The van der Waals surface area contributed by atoms with Gasteiger partial charge in [0.15, 0.2) is 0 Å². The lowest BCUT2D eigenvalue weighted by molar-refractivity contribution is -0.141. The van der Waals surface area contributed by atoms with Gasteiger partial charge in [-0.15, -0.1) is 0 Å². The molecule has 3 aromatic carbocycles. The Bertz CT molecular complexity index is 1440. The van der Waals surface area contributed by atoms with Gasteiger partial charge in [-0.3, -0.25) is 13.9 Å². The highest BCUT2D eigenvalue weighted by atomic mass is 35.5. The maximum atomic E-state index is 13.8. The topological polar surface area (TPSA) is 96.0 Å². The number of sulfonamides is 1. The van der Waals surface area contributed by atoms with Gasteiger partial charge in [-0.2, -0.15) is 0 Å². The fraction of sp³-hybridized carbons (Fsp3) is 0.333. The maximum absolute atomic E-state index is 13.8. The van der Waals surface area contributed by atoms with Gasteiger partial charge in [0.25, 0.3) is 0 Å². The first kappa shape index (κ1) is 32.2. The molecule has 0 aromatic heterocycles. The molecule has 0 heterocycles. The number of anilines is 1. The molecule has 0 aliphatic rings. The summed E-state index contributed by atoms with van der Waals surface area (Å²) < 4.78 is 32.4. The smallest absolute Gasteiger partial charge is 0.242 e. The van der Waals surface area contributed by atoms with Gasteiger partial charge in [0.2, 0.25) is 21.8 Å². The van der Waals surface area contributed by atoms with Gasteiger partial charge in [-0.25, -0.2) is 8.42 Å². The van der Waals surface area contributed by atoms with E-state index in [4.69, 9.17) is 27.9 Å². The number of nitrogens with zero attached hydrogens (tertiary/aromatic N) is 2. The first-order valence-corrected chi connectivity index (χ1v) is 15.8. The number of hydrogen-bond donors (Lipinski definition) is 1. The monoisotopic (exact) mass is 619 g/mol. The molecule has 0 saturated carbocycles. The molecule has 1 atom stereocenters. The van der Waals surface area contributed by atoms with E-state index in [0.29, 0.717) is 33.7 Å².